The van der Waals surface area contributed by atoms with E-state index in [1.54, 1.807) is 6.20 Å². The van der Waals surface area contributed by atoms with Gasteiger partial charge in [-0.15, -0.1) is 11.3 Å². The third-order valence-corrected chi connectivity index (χ3v) is 4.14. The largest absolute Gasteiger partial charge is 0.397 e. The van der Waals surface area contributed by atoms with Crippen LogP contribution in [-0.2, 0) is 4.79 Å². The number of hydrogen-bond donors (Lipinski definition) is 3. The number of aryl methyl sites for hydroxylation is 1. The number of nitrogen functional groups attached to an aromatic ring is 1. The first-order valence-electron chi connectivity index (χ1n) is 6.73. The molecule has 0 aliphatic rings. The predicted molar refractivity (Wildman–Crippen MR) is 84.4 cm³/mol. The van der Waals surface area contributed by atoms with Gasteiger partial charge in [0.1, 0.15) is 9.71 Å². The van der Waals surface area contributed by atoms with E-state index in [4.69, 9.17) is 5.73 Å². The van der Waals surface area contributed by atoms with Crippen molar-refractivity contribution >= 4 is 39.1 Å². The van der Waals surface area contributed by atoms with Crippen molar-refractivity contribution in [1.29, 1.82) is 0 Å². The molecule has 0 atom stereocenters. The monoisotopic (exact) mass is 306 g/mol. The van der Waals surface area contributed by atoms with E-state index >= 15 is 0 Å². The van der Waals surface area contributed by atoms with Gasteiger partial charge in [-0.2, -0.15) is 0 Å². The van der Waals surface area contributed by atoms with Crippen molar-refractivity contribution in [2.75, 3.05) is 18.8 Å². The van der Waals surface area contributed by atoms with E-state index in [-0.39, 0.29) is 18.4 Å². The minimum Gasteiger partial charge on any atom is -0.397 e. The molecule has 0 saturated carbocycles. The van der Waals surface area contributed by atoms with Crippen molar-refractivity contribution in [3.8, 4) is 0 Å². The number of nitrogens with zero attached hydrogens (tertiary/aromatic N) is 1. The van der Waals surface area contributed by atoms with E-state index in [1.165, 1.54) is 11.3 Å². The first-order valence-corrected chi connectivity index (χ1v) is 7.54. The third kappa shape index (κ3) is 3.30. The van der Waals surface area contributed by atoms with Crippen molar-refractivity contribution in [2.45, 2.75) is 20.3 Å². The quantitative estimate of drug-likeness (QED) is 0.778. The highest BCUT2D eigenvalue weighted by Gasteiger charge is 2.18. The lowest BCUT2D eigenvalue weighted by molar-refractivity contribution is -0.120. The van der Waals surface area contributed by atoms with Gasteiger partial charge in [0.2, 0.25) is 5.91 Å². The van der Waals surface area contributed by atoms with Gasteiger partial charge in [-0.25, -0.2) is 4.98 Å². The molecule has 2 aromatic rings. The average Bonchev–Trinajstić information content (AvgIpc) is 2.81. The number of carbonyl (C=O) groups is 2. The highest BCUT2D eigenvalue weighted by Crippen LogP contribution is 2.33. The number of hydrogen-bond acceptors (Lipinski definition) is 5. The zero-order valence-corrected chi connectivity index (χ0v) is 12.8. The maximum absolute atomic E-state index is 12.1. The molecule has 0 unspecified atom stereocenters. The molecule has 2 amide bonds. The summed E-state index contributed by atoms with van der Waals surface area (Å²) in [5.74, 6) is -0.555. The van der Waals surface area contributed by atoms with Gasteiger partial charge in [0.25, 0.3) is 5.91 Å². The molecule has 7 heteroatoms. The number of thiophene rings is 1. The van der Waals surface area contributed by atoms with Gasteiger partial charge in [0.15, 0.2) is 0 Å². The molecule has 6 nitrogen and oxygen atoms in total. The minimum absolute atomic E-state index is 0.0566. The van der Waals surface area contributed by atoms with Crippen molar-refractivity contribution < 1.29 is 9.59 Å². The molecule has 2 aromatic heterocycles. The lowest BCUT2D eigenvalue weighted by atomic mass is 10.2. The fourth-order valence-electron chi connectivity index (χ4n) is 1.94. The number of pyridine rings is 1. The van der Waals surface area contributed by atoms with Crippen LogP contribution in [0.3, 0.4) is 0 Å². The summed E-state index contributed by atoms with van der Waals surface area (Å²) in [5, 5.41) is 6.08. The van der Waals surface area contributed by atoms with Crippen LogP contribution in [0.2, 0.25) is 0 Å². The van der Waals surface area contributed by atoms with Crippen molar-refractivity contribution in [1.82, 2.24) is 15.6 Å². The topological polar surface area (TPSA) is 97.1 Å². The zero-order chi connectivity index (χ0) is 15.4. The van der Waals surface area contributed by atoms with Gasteiger partial charge < -0.3 is 16.4 Å². The van der Waals surface area contributed by atoms with Crippen LogP contribution in [-0.4, -0.2) is 29.9 Å². The van der Waals surface area contributed by atoms with Crippen LogP contribution < -0.4 is 16.4 Å². The molecule has 21 heavy (non-hydrogen) atoms. The Hall–Kier alpha value is -2.15. The predicted octanol–water partition coefficient (Wildman–Crippen LogP) is 1.44. The van der Waals surface area contributed by atoms with Crippen LogP contribution in [0.15, 0.2) is 12.3 Å². The number of nitrogens with one attached hydrogen (secondary N) is 2. The van der Waals surface area contributed by atoms with E-state index < -0.39 is 0 Å². The molecule has 0 aliphatic carbocycles. The molecular formula is C14H18N4O2S. The second kappa shape index (κ2) is 6.53. The summed E-state index contributed by atoms with van der Waals surface area (Å²) >= 11 is 1.24. The molecule has 2 rings (SSSR count). The van der Waals surface area contributed by atoms with Crippen LogP contribution in [0.1, 0.15) is 28.6 Å². The Morgan fingerprint density at radius 3 is 2.81 bits per heavy atom. The highest BCUT2D eigenvalue weighted by molar-refractivity contribution is 7.21. The Labute approximate surface area is 126 Å². The fraction of sp³-hybridized carbons (Fsp3) is 0.357. The first-order chi connectivity index (χ1) is 10.0. The van der Waals surface area contributed by atoms with E-state index in [9.17, 15) is 9.59 Å². The number of aromatic nitrogens is 1. The molecule has 0 saturated heterocycles. The fourth-order valence-corrected chi connectivity index (χ4v) is 3.00. The molecule has 4 N–H and O–H groups in total. The van der Waals surface area contributed by atoms with Crippen LogP contribution in [0.25, 0.3) is 10.2 Å². The van der Waals surface area contributed by atoms with Crippen molar-refractivity contribution in [2.24, 2.45) is 0 Å². The van der Waals surface area contributed by atoms with Gasteiger partial charge in [0, 0.05) is 18.1 Å². The SMILES string of the molecule is CCCNC(=O)CNC(=O)c1sc2nccc(C)c2c1N. The summed E-state index contributed by atoms with van der Waals surface area (Å²) in [6.07, 6.45) is 2.54. The summed E-state index contributed by atoms with van der Waals surface area (Å²) < 4.78 is 0. The van der Waals surface area contributed by atoms with Crippen LogP contribution >= 0.6 is 11.3 Å². The molecular weight excluding hydrogens is 288 g/mol. The van der Waals surface area contributed by atoms with Crippen molar-refractivity contribution in [3.05, 3.63) is 22.7 Å². The third-order valence-electron chi connectivity index (χ3n) is 3.03. The van der Waals surface area contributed by atoms with Gasteiger partial charge >= 0.3 is 0 Å². The van der Waals surface area contributed by atoms with Gasteiger partial charge in [0.05, 0.1) is 12.2 Å². The van der Waals surface area contributed by atoms with Gasteiger partial charge in [-0.1, -0.05) is 6.92 Å². The van der Waals surface area contributed by atoms with E-state index in [2.05, 4.69) is 15.6 Å². The number of carbonyl (C=O) groups excluding carboxylic acids is 2. The van der Waals surface area contributed by atoms with Crippen LogP contribution in [0, 0.1) is 6.92 Å². The Morgan fingerprint density at radius 1 is 1.38 bits per heavy atom. The summed E-state index contributed by atoms with van der Waals surface area (Å²) in [6, 6.07) is 1.85. The lowest BCUT2D eigenvalue weighted by Gasteiger charge is -2.05. The molecule has 0 aliphatic heterocycles. The van der Waals surface area contributed by atoms with Gasteiger partial charge in [-0.05, 0) is 25.0 Å². The number of fused-ring (bicyclic) bond motifs is 1. The molecule has 112 valence electrons. The summed E-state index contributed by atoms with van der Waals surface area (Å²) in [5.41, 5.74) is 7.44. The van der Waals surface area contributed by atoms with Crippen LogP contribution in [0.4, 0.5) is 5.69 Å². The van der Waals surface area contributed by atoms with Gasteiger partial charge in [-0.3, -0.25) is 9.59 Å². The minimum atomic E-state index is -0.346. The Bertz CT molecular complexity index is 681. The Kier molecular flexibility index (Phi) is 4.74. The number of anilines is 1. The summed E-state index contributed by atoms with van der Waals surface area (Å²) in [7, 11) is 0. The Balaban J connectivity index is 2.11. The normalized spacial score (nSPS) is 10.6. The van der Waals surface area contributed by atoms with E-state index in [1.807, 2.05) is 19.9 Å². The average molecular weight is 306 g/mol. The molecule has 0 bridgehead atoms. The molecule has 0 fully saturated rings. The first kappa shape index (κ1) is 15.2. The van der Waals surface area contributed by atoms with Crippen LogP contribution in [0.5, 0.6) is 0 Å². The number of rotatable bonds is 5. The second-order valence-electron chi connectivity index (χ2n) is 4.69. The standard InChI is InChI=1S/C14H18N4O2S/c1-3-5-16-9(19)7-18-13(20)12-11(15)10-8(2)4-6-17-14(10)21-12/h4,6H,3,5,7,15H2,1-2H3,(H,16,19)(H,18,20). The number of nitrogens with two attached hydrogens (primary N) is 1. The number of amides is 2. The molecule has 2 heterocycles. The van der Waals surface area contributed by atoms with Crippen molar-refractivity contribution in [3.63, 3.8) is 0 Å². The molecule has 0 radical (unpaired) electrons. The Morgan fingerprint density at radius 2 is 2.14 bits per heavy atom. The zero-order valence-electron chi connectivity index (χ0n) is 12.0. The van der Waals surface area contributed by atoms with E-state index in [0.29, 0.717) is 17.1 Å². The second-order valence-corrected chi connectivity index (χ2v) is 5.68. The lowest BCUT2D eigenvalue weighted by Crippen LogP contribution is -2.37. The summed E-state index contributed by atoms with van der Waals surface area (Å²) in [6.45, 7) is 4.43. The maximum Gasteiger partial charge on any atom is 0.264 e. The van der Waals surface area contributed by atoms with E-state index in [0.717, 1.165) is 22.2 Å². The molecule has 0 aromatic carbocycles. The summed E-state index contributed by atoms with van der Waals surface area (Å²) in [4.78, 5) is 29.0. The molecule has 0 spiro atoms. The smallest absolute Gasteiger partial charge is 0.264 e. The highest BCUT2D eigenvalue weighted by atomic mass is 32.1. The maximum atomic E-state index is 12.1.